The van der Waals surface area contributed by atoms with E-state index >= 15 is 0 Å². The topological polar surface area (TPSA) is 78.8 Å². The van der Waals surface area contributed by atoms with E-state index < -0.39 is 15.9 Å². The van der Waals surface area contributed by atoms with Crippen molar-refractivity contribution in [1.82, 2.24) is 5.43 Å². The molecule has 8 heteroatoms. The summed E-state index contributed by atoms with van der Waals surface area (Å²) in [6.07, 6.45) is 2.51. The quantitative estimate of drug-likeness (QED) is 0.618. The van der Waals surface area contributed by atoms with Crippen LogP contribution in [0.15, 0.2) is 53.6 Å². The molecule has 2 aromatic carbocycles. The van der Waals surface area contributed by atoms with Gasteiger partial charge in [0.05, 0.1) is 18.2 Å². The van der Waals surface area contributed by atoms with E-state index in [0.29, 0.717) is 10.7 Å². The predicted octanol–water partition coefficient (Wildman–Crippen LogP) is 2.56. The third-order valence-corrected chi connectivity index (χ3v) is 4.64. The van der Waals surface area contributed by atoms with Crippen LogP contribution in [0.5, 0.6) is 0 Å². The highest BCUT2D eigenvalue weighted by molar-refractivity contribution is 7.92. The smallest absolute Gasteiger partial charge is 0.260 e. The average Bonchev–Trinajstić information content (AvgIpc) is 2.53. The number of sulfonamides is 1. The highest BCUT2D eigenvalue weighted by Crippen LogP contribution is 2.18. The number of carbonyl (C=O) groups is 1. The van der Waals surface area contributed by atoms with Crippen LogP contribution in [0.2, 0.25) is 5.02 Å². The maximum absolute atomic E-state index is 12.1. The first-order valence-electron chi connectivity index (χ1n) is 7.37. The van der Waals surface area contributed by atoms with Crippen molar-refractivity contribution in [3.05, 3.63) is 64.7 Å². The van der Waals surface area contributed by atoms with Crippen molar-refractivity contribution in [2.24, 2.45) is 5.10 Å². The zero-order valence-electron chi connectivity index (χ0n) is 13.8. The standard InChI is InChI=1S/C17H18ClN3O3S/c1-13-4-3-5-16(10-13)21(25(2,23)24)12-17(22)20-19-11-14-6-8-15(18)9-7-14/h3-11H,12H2,1-2H3,(H,20,22)/b19-11+. The summed E-state index contributed by atoms with van der Waals surface area (Å²) in [7, 11) is -3.61. The summed E-state index contributed by atoms with van der Waals surface area (Å²) in [5.41, 5.74) is 4.40. The minimum absolute atomic E-state index is 0.361. The van der Waals surface area contributed by atoms with Gasteiger partial charge in [0.1, 0.15) is 6.54 Å². The fourth-order valence-electron chi connectivity index (χ4n) is 2.08. The lowest BCUT2D eigenvalue weighted by molar-refractivity contribution is -0.119. The Kier molecular flexibility index (Phi) is 6.17. The molecule has 0 aliphatic carbocycles. The molecule has 2 aromatic rings. The second kappa shape index (κ2) is 8.13. The Bertz CT molecular complexity index is 880. The van der Waals surface area contributed by atoms with Gasteiger partial charge in [-0.25, -0.2) is 13.8 Å². The molecule has 0 unspecified atom stereocenters. The number of nitrogens with one attached hydrogen (secondary N) is 1. The van der Waals surface area contributed by atoms with Gasteiger partial charge in [-0.15, -0.1) is 0 Å². The third kappa shape index (κ3) is 5.88. The first-order valence-corrected chi connectivity index (χ1v) is 9.60. The molecule has 0 fully saturated rings. The van der Waals surface area contributed by atoms with Crippen molar-refractivity contribution in [3.8, 4) is 0 Å². The zero-order valence-corrected chi connectivity index (χ0v) is 15.4. The highest BCUT2D eigenvalue weighted by atomic mass is 35.5. The van der Waals surface area contributed by atoms with Gasteiger partial charge in [-0.3, -0.25) is 9.10 Å². The molecule has 0 saturated carbocycles. The maximum atomic E-state index is 12.1. The summed E-state index contributed by atoms with van der Waals surface area (Å²) >= 11 is 5.79. The van der Waals surface area contributed by atoms with Crippen molar-refractivity contribution in [2.45, 2.75) is 6.92 Å². The average molecular weight is 380 g/mol. The van der Waals surface area contributed by atoms with Crippen molar-refractivity contribution in [1.29, 1.82) is 0 Å². The molecule has 25 heavy (non-hydrogen) atoms. The van der Waals surface area contributed by atoms with E-state index in [4.69, 9.17) is 11.6 Å². The summed E-state index contributed by atoms with van der Waals surface area (Å²) in [6, 6.07) is 13.8. The Morgan fingerprint density at radius 2 is 1.92 bits per heavy atom. The molecular formula is C17H18ClN3O3S. The third-order valence-electron chi connectivity index (χ3n) is 3.25. The lowest BCUT2D eigenvalue weighted by atomic mass is 10.2. The van der Waals surface area contributed by atoms with Gasteiger partial charge >= 0.3 is 0 Å². The monoisotopic (exact) mass is 379 g/mol. The fourth-order valence-corrected chi connectivity index (χ4v) is 3.05. The van der Waals surface area contributed by atoms with Crippen LogP contribution in [0.3, 0.4) is 0 Å². The second-order valence-electron chi connectivity index (χ2n) is 5.45. The zero-order chi connectivity index (χ0) is 18.4. The molecule has 0 saturated heterocycles. The molecule has 0 aliphatic rings. The molecule has 1 N–H and O–H groups in total. The van der Waals surface area contributed by atoms with Gasteiger partial charge in [-0.1, -0.05) is 35.9 Å². The second-order valence-corrected chi connectivity index (χ2v) is 7.80. The molecule has 132 valence electrons. The molecule has 0 aromatic heterocycles. The number of benzene rings is 2. The minimum atomic E-state index is -3.61. The van der Waals surface area contributed by atoms with Crippen molar-refractivity contribution >= 4 is 39.4 Å². The normalized spacial score (nSPS) is 11.5. The van der Waals surface area contributed by atoms with Crippen LogP contribution in [-0.2, 0) is 14.8 Å². The van der Waals surface area contributed by atoms with Crippen LogP contribution in [0.25, 0.3) is 0 Å². The number of aryl methyl sites for hydroxylation is 1. The van der Waals surface area contributed by atoms with Gasteiger partial charge < -0.3 is 0 Å². The van der Waals surface area contributed by atoms with Crippen LogP contribution in [0.1, 0.15) is 11.1 Å². The Morgan fingerprint density at radius 1 is 1.24 bits per heavy atom. The molecule has 0 aliphatic heterocycles. The first kappa shape index (κ1) is 19.0. The van der Waals surface area contributed by atoms with E-state index in [9.17, 15) is 13.2 Å². The van der Waals surface area contributed by atoms with E-state index in [-0.39, 0.29) is 6.54 Å². The summed E-state index contributed by atoms with van der Waals surface area (Å²) < 4.78 is 25.0. The van der Waals surface area contributed by atoms with Crippen LogP contribution >= 0.6 is 11.6 Å². The molecule has 0 atom stereocenters. The molecule has 0 heterocycles. The van der Waals surface area contributed by atoms with E-state index in [1.165, 1.54) is 6.21 Å². The van der Waals surface area contributed by atoms with Gasteiger partial charge in [0.15, 0.2) is 0 Å². The predicted molar refractivity (Wildman–Crippen MR) is 101 cm³/mol. The Labute approximate surface area is 152 Å². The SMILES string of the molecule is Cc1cccc(N(CC(=O)N/N=C/c2ccc(Cl)cc2)S(C)(=O)=O)c1. The summed E-state index contributed by atoms with van der Waals surface area (Å²) in [5.74, 6) is -0.544. The number of hydrogen-bond acceptors (Lipinski definition) is 4. The van der Waals surface area contributed by atoms with Crippen LogP contribution in [-0.4, -0.2) is 33.3 Å². The van der Waals surface area contributed by atoms with Crippen molar-refractivity contribution in [2.75, 3.05) is 17.1 Å². The van der Waals surface area contributed by atoms with E-state index in [1.807, 2.05) is 13.0 Å². The largest absolute Gasteiger partial charge is 0.271 e. The fraction of sp³-hybridized carbons (Fsp3) is 0.176. The number of nitrogens with zero attached hydrogens (tertiary/aromatic N) is 2. The van der Waals surface area contributed by atoms with Gasteiger partial charge in [0, 0.05) is 5.02 Å². The summed E-state index contributed by atoms with van der Waals surface area (Å²) in [6.45, 7) is 1.49. The minimum Gasteiger partial charge on any atom is -0.271 e. The summed E-state index contributed by atoms with van der Waals surface area (Å²) in [5, 5.41) is 4.43. The Morgan fingerprint density at radius 3 is 2.52 bits per heavy atom. The van der Waals surface area contributed by atoms with Crippen molar-refractivity contribution < 1.29 is 13.2 Å². The number of rotatable bonds is 6. The lowest BCUT2D eigenvalue weighted by Gasteiger charge is -2.21. The van der Waals surface area contributed by atoms with Gasteiger partial charge in [0.25, 0.3) is 5.91 Å². The number of halogens is 1. The van der Waals surface area contributed by atoms with Crippen LogP contribution in [0.4, 0.5) is 5.69 Å². The van der Waals surface area contributed by atoms with E-state index in [0.717, 1.165) is 21.7 Å². The van der Waals surface area contributed by atoms with E-state index in [1.54, 1.807) is 42.5 Å². The first-order chi connectivity index (χ1) is 11.8. The van der Waals surface area contributed by atoms with Crippen LogP contribution in [0, 0.1) is 6.92 Å². The molecule has 0 bridgehead atoms. The van der Waals surface area contributed by atoms with Crippen molar-refractivity contribution in [3.63, 3.8) is 0 Å². The number of carbonyl (C=O) groups excluding carboxylic acids is 1. The highest BCUT2D eigenvalue weighted by Gasteiger charge is 2.20. The number of hydrazone groups is 1. The van der Waals surface area contributed by atoms with Gasteiger partial charge in [0.2, 0.25) is 10.0 Å². The van der Waals surface area contributed by atoms with Crippen LogP contribution < -0.4 is 9.73 Å². The number of amides is 1. The molecule has 6 nitrogen and oxygen atoms in total. The number of hydrogen-bond donors (Lipinski definition) is 1. The molecular weight excluding hydrogens is 362 g/mol. The summed E-state index contributed by atoms with van der Waals surface area (Å²) in [4.78, 5) is 12.1. The van der Waals surface area contributed by atoms with E-state index in [2.05, 4.69) is 10.5 Å². The van der Waals surface area contributed by atoms with Gasteiger partial charge in [-0.2, -0.15) is 5.10 Å². The van der Waals surface area contributed by atoms with Gasteiger partial charge in [-0.05, 0) is 42.3 Å². The molecule has 0 spiro atoms. The Balaban J connectivity index is 2.06. The number of anilines is 1. The lowest BCUT2D eigenvalue weighted by Crippen LogP contribution is -2.39. The molecule has 1 amide bonds. The molecule has 0 radical (unpaired) electrons. The maximum Gasteiger partial charge on any atom is 0.260 e. The molecule has 2 rings (SSSR count). The Hall–Kier alpha value is -2.38.